The second-order valence-corrected chi connectivity index (χ2v) is 8.50. The van der Waals surface area contributed by atoms with E-state index in [1.165, 1.54) is 0 Å². The fraction of sp³-hybridized carbons (Fsp3) is 0.240. The third-order valence-electron chi connectivity index (χ3n) is 5.98. The first kappa shape index (κ1) is 25.2. The highest BCUT2D eigenvalue weighted by Gasteiger charge is 2.22. The van der Waals surface area contributed by atoms with E-state index in [4.69, 9.17) is 16.3 Å². The van der Waals surface area contributed by atoms with Crippen LogP contribution in [0.2, 0.25) is 5.02 Å². The highest BCUT2D eigenvalue weighted by molar-refractivity contribution is 6.32. The Kier molecular flexibility index (Phi) is 7.88. The number of methoxy groups -OCH3 is 1. The summed E-state index contributed by atoms with van der Waals surface area (Å²) in [5.41, 5.74) is 1.54. The average molecular weight is 523 g/mol. The van der Waals surface area contributed by atoms with E-state index >= 15 is 0 Å². The molecule has 2 aromatic heterocycles. The van der Waals surface area contributed by atoms with Crippen LogP contribution in [0.25, 0.3) is 10.8 Å². The Morgan fingerprint density at radius 2 is 1.75 bits per heavy atom. The third kappa shape index (κ3) is 5.20. The van der Waals surface area contributed by atoms with E-state index in [1.807, 2.05) is 42.5 Å². The van der Waals surface area contributed by atoms with Crippen molar-refractivity contribution in [1.29, 1.82) is 5.26 Å². The normalized spacial score (nSPS) is 13.1. The van der Waals surface area contributed by atoms with Gasteiger partial charge in [-0.2, -0.15) is 5.26 Å². The first-order chi connectivity index (χ1) is 17.2. The second kappa shape index (κ2) is 11.2. The lowest BCUT2D eigenvalue weighted by molar-refractivity contribution is 0.415. The fourth-order valence-corrected chi connectivity index (χ4v) is 4.43. The molecule has 184 valence electrons. The Balaban J connectivity index is 0.00000304. The highest BCUT2D eigenvalue weighted by Crippen LogP contribution is 2.31. The van der Waals surface area contributed by atoms with Crippen LogP contribution in [0.1, 0.15) is 11.1 Å². The Bertz CT molecular complexity index is 1390. The Morgan fingerprint density at radius 3 is 2.44 bits per heavy atom. The molecule has 1 aliphatic heterocycles. The summed E-state index contributed by atoms with van der Waals surface area (Å²) in [6.45, 7) is 3.58. The Labute approximate surface area is 220 Å². The molecule has 2 aromatic carbocycles. The van der Waals surface area contributed by atoms with Crippen molar-refractivity contribution in [3.8, 4) is 11.8 Å². The summed E-state index contributed by atoms with van der Waals surface area (Å²) in [4.78, 5) is 13.1. The van der Waals surface area contributed by atoms with Gasteiger partial charge in [-0.3, -0.25) is 0 Å². The first-order valence-corrected chi connectivity index (χ1v) is 11.6. The van der Waals surface area contributed by atoms with Crippen molar-refractivity contribution in [2.24, 2.45) is 0 Å². The maximum Gasteiger partial charge on any atom is 0.225 e. The van der Waals surface area contributed by atoms with Crippen LogP contribution in [-0.2, 0) is 6.54 Å². The smallest absolute Gasteiger partial charge is 0.225 e. The quantitative estimate of drug-likeness (QED) is 0.396. The van der Waals surface area contributed by atoms with Crippen molar-refractivity contribution >= 4 is 52.4 Å². The van der Waals surface area contributed by atoms with Crippen LogP contribution in [0, 0.1) is 11.3 Å². The molecule has 3 heterocycles. The van der Waals surface area contributed by atoms with Crippen LogP contribution in [0.15, 0.2) is 54.9 Å². The molecule has 36 heavy (non-hydrogen) atoms. The number of halogens is 2. The number of hydrogen-bond donors (Lipinski definition) is 1. The number of ether oxygens (including phenoxy) is 1. The third-order valence-corrected chi connectivity index (χ3v) is 6.28. The van der Waals surface area contributed by atoms with Crippen LogP contribution in [0.4, 0.5) is 17.6 Å². The number of fused-ring (bicyclic) bond motifs is 1. The van der Waals surface area contributed by atoms with Gasteiger partial charge in [0.05, 0.1) is 23.8 Å². The van der Waals surface area contributed by atoms with E-state index in [0.717, 1.165) is 54.3 Å². The van der Waals surface area contributed by atoms with Gasteiger partial charge in [0.15, 0.2) is 11.6 Å². The number of benzene rings is 2. The average Bonchev–Trinajstić information content (AvgIpc) is 2.92. The molecule has 0 unspecified atom stereocenters. The topological polar surface area (TPSA) is 103 Å². The highest BCUT2D eigenvalue weighted by atomic mass is 35.5. The van der Waals surface area contributed by atoms with Gasteiger partial charge in [0.25, 0.3) is 0 Å². The summed E-state index contributed by atoms with van der Waals surface area (Å²) < 4.78 is 5.23. The summed E-state index contributed by atoms with van der Waals surface area (Å²) in [5.74, 6) is 2.78. The maximum atomic E-state index is 9.47. The molecular formula is C25H24Cl2N8O. The summed E-state index contributed by atoms with van der Waals surface area (Å²) in [5, 5.41) is 24.2. The predicted molar refractivity (Wildman–Crippen MR) is 143 cm³/mol. The number of hydrogen-bond acceptors (Lipinski definition) is 9. The molecule has 1 fully saturated rings. The number of piperazine rings is 1. The van der Waals surface area contributed by atoms with Crippen molar-refractivity contribution in [2.75, 3.05) is 48.4 Å². The van der Waals surface area contributed by atoms with Gasteiger partial charge in [-0.15, -0.1) is 22.6 Å². The number of anilines is 3. The molecule has 5 rings (SSSR count). The van der Waals surface area contributed by atoms with Crippen LogP contribution in [0.5, 0.6) is 5.75 Å². The van der Waals surface area contributed by atoms with E-state index in [0.29, 0.717) is 28.7 Å². The number of aromatic nitrogens is 4. The van der Waals surface area contributed by atoms with Gasteiger partial charge in [0, 0.05) is 55.9 Å². The van der Waals surface area contributed by atoms with Crippen LogP contribution in [-0.4, -0.2) is 53.5 Å². The van der Waals surface area contributed by atoms with Crippen LogP contribution in [0.3, 0.4) is 0 Å². The summed E-state index contributed by atoms with van der Waals surface area (Å²) in [7, 11) is 1.59. The van der Waals surface area contributed by atoms with Gasteiger partial charge in [-0.05, 0) is 42.0 Å². The number of nitrogens with zero attached hydrogens (tertiary/aromatic N) is 7. The molecule has 4 aromatic rings. The minimum absolute atomic E-state index is 0. The minimum atomic E-state index is 0. The molecule has 9 nitrogen and oxygen atoms in total. The zero-order valence-corrected chi connectivity index (χ0v) is 21.1. The van der Waals surface area contributed by atoms with Crippen molar-refractivity contribution < 1.29 is 4.74 Å². The Hall–Kier alpha value is -3.87. The van der Waals surface area contributed by atoms with Gasteiger partial charge in [0.2, 0.25) is 5.95 Å². The maximum absolute atomic E-state index is 9.47. The van der Waals surface area contributed by atoms with E-state index in [9.17, 15) is 5.26 Å². The molecule has 0 bridgehead atoms. The summed E-state index contributed by atoms with van der Waals surface area (Å²) in [6.07, 6.45) is 3.51. The van der Waals surface area contributed by atoms with E-state index in [-0.39, 0.29) is 12.4 Å². The minimum Gasteiger partial charge on any atom is -0.495 e. The number of rotatable bonds is 6. The zero-order valence-electron chi connectivity index (χ0n) is 19.6. The standard InChI is InChI=1S/C25H23ClN8O.ClH/c1-35-22-6-4-18(14-21(22)26)16-30-23-20-13-17(15-27)3-5-19(20)24(32-31-23)33-9-11-34(12-10-33)25-28-7-2-8-29-25;/h2-8,13-14H,9-12,16H2,1H3,(H,30,31);1H. The van der Waals surface area contributed by atoms with Crippen LogP contribution < -0.4 is 19.9 Å². The SMILES string of the molecule is COc1ccc(CNc2nnc(N3CCN(c4ncccn4)CC3)c3ccc(C#N)cc23)cc1Cl.Cl. The predicted octanol–water partition coefficient (Wildman–Crippen LogP) is 4.31. The molecule has 1 aliphatic rings. The first-order valence-electron chi connectivity index (χ1n) is 11.2. The van der Waals surface area contributed by atoms with Gasteiger partial charge in [-0.1, -0.05) is 17.7 Å². The van der Waals surface area contributed by atoms with Crippen molar-refractivity contribution in [3.05, 3.63) is 71.0 Å². The van der Waals surface area contributed by atoms with Gasteiger partial charge in [0.1, 0.15) is 5.75 Å². The lowest BCUT2D eigenvalue weighted by atomic mass is 10.1. The van der Waals surface area contributed by atoms with Crippen molar-refractivity contribution in [1.82, 2.24) is 20.2 Å². The summed E-state index contributed by atoms with van der Waals surface area (Å²) >= 11 is 6.27. The molecule has 0 saturated carbocycles. The number of nitriles is 1. The molecule has 0 aliphatic carbocycles. The lowest BCUT2D eigenvalue weighted by Gasteiger charge is -2.35. The largest absolute Gasteiger partial charge is 0.495 e. The molecule has 0 radical (unpaired) electrons. The molecule has 11 heteroatoms. The monoisotopic (exact) mass is 522 g/mol. The summed E-state index contributed by atoms with van der Waals surface area (Å²) in [6, 6.07) is 15.3. The molecule has 0 atom stereocenters. The zero-order chi connectivity index (χ0) is 24.2. The molecule has 0 amide bonds. The second-order valence-electron chi connectivity index (χ2n) is 8.09. The van der Waals surface area contributed by atoms with Gasteiger partial charge >= 0.3 is 0 Å². The molecule has 1 N–H and O–H groups in total. The fourth-order valence-electron chi connectivity index (χ4n) is 4.15. The van der Waals surface area contributed by atoms with Gasteiger partial charge < -0.3 is 19.9 Å². The molecular weight excluding hydrogens is 499 g/mol. The van der Waals surface area contributed by atoms with Crippen LogP contribution >= 0.6 is 24.0 Å². The van der Waals surface area contributed by atoms with Crippen molar-refractivity contribution in [2.45, 2.75) is 6.54 Å². The lowest BCUT2D eigenvalue weighted by Crippen LogP contribution is -2.47. The van der Waals surface area contributed by atoms with Gasteiger partial charge in [-0.25, -0.2) is 9.97 Å². The molecule has 1 saturated heterocycles. The Morgan fingerprint density at radius 1 is 1.00 bits per heavy atom. The van der Waals surface area contributed by atoms with E-state index < -0.39 is 0 Å². The van der Waals surface area contributed by atoms with E-state index in [2.05, 4.69) is 41.4 Å². The number of nitrogens with one attached hydrogen (secondary N) is 1. The molecule has 0 spiro atoms. The van der Waals surface area contributed by atoms with Crippen molar-refractivity contribution in [3.63, 3.8) is 0 Å². The van der Waals surface area contributed by atoms with E-state index in [1.54, 1.807) is 19.5 Å².